The standard InChI is InChI=1S/C10H9N5O5S2/c1-6(16)11-9-12-13-10(21-9)22(19,20)14-7-3-2-4-8(5-7)15(17)18/h2-5,14H,1H3,(H,11,12,16). The molecule has 0 aliphatic rings. The van der Waals surface area contributed by atoms with Crippen LogP contribution in [-0.4, -0.2) is 29.4 Å². The summed E-state index contributed by atoms with van der Waals surface area (Å²) in [4.78, 5) is 20.9. The van der Waals surface area contributed by atoms with E-state index in [1.807, 2.05) is 0 Å². The maximum atomic E-state index is 12.1. The molecule has 116 valence electrons. The zero-order valence-electron chi connectivity index (χ0n) is 11.0. The summed E-state index contributed by atoms with van der Waals surface area (Å²) in [7, 11) is -4.05. The number of amides is 1. The lowest BCUT2D eigenvalue weighted by molar-refractivity contribution is -0.384. The van der Waals surface area contributed by atoms with Crippen LogP contribution in [0.25, 0.3) is 0 Å². The van der Waals surface area contributed by atoms with E-state index >= 15 is 0 Å². The van der Waals surface area contributed by atoms with Crippen LogP contribution in [0, 0.1) is 10.1 Å². The fraction of sp³-hybridized carbons (Fsp3) is 0.100. The Morgan fingerprint density at radius 2 is 2.09 bits per heavy atom. The monoisotopic (exact) mass is 343 g/mol. The molecule has 12 heteroatoms. The molecule has 0 atom stereocenters. The maximum absolute atomic E-state index is 12.1. The quantitative estimate of drug-likeness (QED) is 0.471. The van der Waals surface area contributed by atoms with Gasteiger partial charge in [0.25, 0.3) is 20.1 Å². The summed E-state index contributed by atoms with van der Waals surface area (Å²) in [6.45, 7) is 1.25. The van der Waals surface area contributed by atoms with E-state index in [0.29, 0.717) is 11.3 Å². The Bertz CT molecular complexity index is 832. The number of nitrogens with zero attached hydrogens (tertiary/aromatic N) is 3. The van der Waals surface area contributed by atoms with Crippen LogP contribution in [0.2, 0.25) is 0 Å². The van der Waals surface area contributed by atoms with Gasteiger partial charge < -0.3 is 5.32 Å². The Balaban J connectivity index is 2.24. The Labute approximate surface area is 128 Å². The largest absolute Gasteiger partial charge is 0.301 e. The Morgan fingerprint density at radius 1 is 1.36 bits per heavy atom. The molecule has 2 rings (SSSR count). The molecular formula is C10H9N5O5S2. The number of benzene rings is 1. The van der Waals surface area contributed by atoms with Gasteiger partial charge in [0.05, 0.1) is 10.6 Å². The summed E-state index contributed by atoms with van der Waals surface area (Å²) in [6.07, 6.45) is 0. The molecule has 0 saturated carbocycles. The summed E-state index contributed by atoms with van der Waals surface area (Å²) in [5, 5.41) is 20.0. The summed E-state index contributed by atoms with van der Waals surface area (Å²) in [5.74, 6) is -0.410. The second kappa shape index (κ2) is 6.03. The normalized spacial score (nSPS) is 11.0. The van der Waals surface area contributed by atoms with Crippen molar-refractivity contribution in [2.45, 2.75) is 11.3 Å². The number of aromatic nitrogens is 2. The number of nitrogens with one attached hydrogen (secondary N) is 2. The van der Waals surface area contributed by atoms with E-state index < -0.39 is 20.9 Å². The average Bonchev–Trinajstić information content (AvgIpc) is 2.87. The number of nitro groups is 1. The molecule has 1 aromatic heterocycles. The lowest BCUT2D eigenvalue weighted by Crippen LogP contribution is -2.12. The number of carbonyl (C=O) groups excluding carboxylic acids is 1. The van der Waals surface area contributed by atoms with Crippen molar-refractivity contribution in [3.05, 3.63) is 34.4 Å². The predicted molar refractivity (Wildman–Crippen MR) is 78.1 cm³/mol. The van der Waals surface area contributed by atoms with E-state index in [1.165, 1.54) is 25.1 Å². The van der Waals surface area contributed by atoms with Gasteiger partial charge in [-0.25, -0.2) is 0 Å². The highest BCUT2D eigenvalue weighted by molar-refractivity contribution is 7.94. The Kier molecular flexibility index (Phi) is 4.32. The minimum atomic E-state index is -4.05. The van der Waals surface area contributed by atoms with E-state index in [0.717, 1.165) is 6.07 Å². The van der Waals surface area contributed by atoms with Gasteiger partial charge in [-0.2, -0.15) is 8.42 Å². The van der Waals surface area contributed by atoms with Crippen molar-refractivity contribution in [1.29, 1.82) is 0 Å². The zero-order chi connectivity index (χ0) is 16.3. The third-order valence-electron chi connectivity index (χ3n) is 2.23. The van der Waals surface area contributed by atoms with Gasteiger partial charge in [0.2, 0.25) is 11.0 Å². The van der Waals surface area contributed by atoms with Crippen LogP contribution in [0.1, 0.15) is 6.92 Å². The molecule has 2 N–H and O–H groups in total. The zero-order valence-corrected chi connectivity index (χ0v) is 12.6. The number of hydrogen-bond acceptors (Lipinski definition) is 8. The summed E-state index contributed by atoms with van der Waals surface area (Å²) >= 11 is 0.659. The molecule has 0 aliphatic carbocycles. The molecule has 10 nitrogen and oxygen atoms in total. The maximum Gasteiger partial charge on any atom is 0.291 e. The first-order chi connectivity index (χ1) is 10.3. The minimum Gasteiger partial charge on any atom is -0.301 e. The van der Waals surface area contributed by atoms with Crippen LogP contribution >= 0.6 is 11.3 Å². The van der Waals surface area contributed by atoms with Gasteiger partial charge >= 0.3 is 0 Å². The van der Waals surface area contributed by atoms with Gasteiger partial charge in [0, 0.05) is 19.1 Å². The molecule has 0 fully saturated rings. The molecule has 0 radical (unpaired) electrons. The fourth-order valence-corrected chi connectivity index (χ4v) is 3.40. The SMILES string of the molecule is CC(=O)Nc1nnc(S(=O)(=O)Nc2cccc([N+](=O)[O-])c2)s1. The number of carbonyl (C=O) groups is 1. The molecule has 2 aromatic rings. The third-order valence-corrected chi connectivity index (χ3v) is 4.82. The van der Waals surface area contributed by atoms with Crippen LogP contribution in [0.4, 0.5) is 16.5 Å². The average molecular weight is 343 g/mol. The molecule has 1 amide bonds. The number of hydrogen-bond donors (Lipinski definition) is 2. The molecule has 1 heterocycles. The van der Waals surface area contributed by atoms with Gasteiger partial charge in [-0.15, -0.1) is 10.2 Å². The van der Waals surface area contributed by atoms with Gasteiger partial charge in [0.15, 0.2) is 0 Å². The summed E-state index contributed by atoms with van der Waals surface area (Å²) in [5.41, 5.74) is -0.234. The number of nitro benzene ring substituents is 1. The van der Waals surface area contributed by atoms with Gasteiger partial charge in [-0.1, -0.05) is 17.4 Å². The third kappa shape index (κ3) is 3.73. The molecular weight excluding hydrogens is 334 g/mol. The summed E-state index contributed by atoms with van der Waals surface area (Å²) in [6, 6.07) is 5.02. The highest BCUT2D eigenvalue weighted by Gasteiger charge is 2.21. The van der Waals surface area contributed by atoms with E-state index in [4.69, 9.17) is 0 Å². The first kappa shape index (κ1) is 15.8. The highest BCUT2D eigenvalue weighted by Crippen LogP contribution is 2.24. The van der Waals surface area contributed by atoms with Crippen molar-refractivity contribution < 1.29 is 18.1 Å². The van der Waals surface area contributed by atoms with Crippen LogP contribution in [0.5, 0.6) is 0 Å². The fourth-order valence-electron chi connectivity index (χ4n) is 1.40. The number of anilines is 2. The number of non-ortho nitro benzene ring substituents is 1. The molecule has 0 saturated heterocycles. The Morgan fingerprint density at radius 3 is 2.73 bits per heavy atom. The topological polar surface area (TPSA) is 144 Å². The first-order valence-corrected chi connectivity index (χ1v) is 7.96. The highest BCUT2D eigenvalue weighted by atomic mass is 32.2. The van der Waals surface area contributed by atoms with Gasteiger partial charge in [-0.05, 0) is 6.07 Å². The Hall–Kier alpha value is -2.60. The van der Waals surface area contributed by atoms with Crippen LogP contribution in [0.3, 0.4) is 0 Å². The predicted octanol–water partition coefficient (Wildman–Crippen LogP) is 1.21. The van der Waals surface area contributed by atoms with E-state index in [2.05, 4.69) is 20.2 Å². The van der Waals surface area contributed by atoms with Crippen molar-refractivity contribution in [3.8, 4) is 0 Å². The molecule has 0 bridgehead atoms. The second-order valence-corrected chi connectivity index (χ2v) is 6.80. The van der Waals surface area contributed by atoms with Crippen molar-refractivity contribution in [2.24, 2.45) is 0 Å². The number of rotatable bonds is 5. The lowest BCUT2D eigenvalue weighted by atomic mass is 10.3. The molecule has 1 aromatic carbocycles. The van der Waals surface area contributed by atoms with Crippen LogP contribution < -0.4 is 10.0 Å². The van der Waals surface area contributed by atoms with Crippen molar-refractivity contribution >= 4 is 43.8 Å². The van der Waals surface area contributed by atoms with E-state index in [1.54, 1.807) is 0 Å². The second-order valence-electron chi connectivity index (χ2n) is 3.97. The lowest BCUT2D eigenvalue weighted by Gasteiger charge is -2.04. The van der Waals surface area contributed by atoms with Crippen molar-refractivity contribution in [1.82, 2.24) is 10.2 Å². The van der Waals surface area contributed by atoms with Crippen molar-refractivity contribution in [3.63, 3.8) is 0 Å². The first-order valence-electron chi connectivity index (χ1n) is 5.66. The van der Waals surface area contributed by atoms with E-state index in [9.17, 15) is 23.3 Å². The van der Waals surface area contributed by atoms with E-state index in [-0.39, 0.29) is 20.8 Å². The van der Waals surface area contributed by atoms with Gasteiger partial charge in [0.1, 0.15) is 0 Å². The summed E-state index contributed by atoms with van der Waals surface area (Å²) < 4.78 is 26.0. The smallest absolute Gasteiger partial charge is 0.291 e. The number of sulfonamides is 1. The van der Waals surface area contributed by atoms with Crippen LogP contribution in [0.15, 0.2) is 28.6 Å². The van der Waals surface area contributed by atoms with Crippen LogP contribution in [-0.2, 0) is 14.8 Å². The van der Waals surface area contributed by atoms with Gasteiger partial charge in [-0.3, -0.25) is 19.6 Å². The molecule has 0 unspecified atom stereocenters. The molecule has 22 heavy (non-hydrogen) atoms. The van der Waals surface area contributed by atoms with Crippen molar-refractivity contribution in [2.75, 3.05) is 10.0 Å². The minimum absolute atomic E-state index is 0.0190. The molecule has 0 aliphatic heterocycles. The molecule has 0 spiro atoms.